The van der Waals surface area contributed by atoms with Crippen LogP contribution in [0.4, 0.5) is 11.4 Å². The summed E-state index contributed by atoms with van der Waals surface area (Å²) in [6, 6.07) is 13.7. The Morgan fingerprint density at radius 2 is 1.75 bits per heavy atom. The van der Waals surface area contributed by atoms with Crippen LogP contribution in [0.15, 0.2) is 52.7 Å². The molecule has 126 valence electrons. The molecule has 0 heterocycles. The van der Waals surface area contributed by atoms with Crippen molar-refractivity contribution >= 4 is 11.4 Å². The first kappa shape index (κ1) is 16.7. The molecule has 0 unspecified atom stereocenters. The van der Waals surface area contributed by atoms with Crippen LogP contribution >= 0.6 is 0 Å². The lowest BCUT2D eigenvalue weighted by atomic mass is 9.92. The molecule has 0 radical (unpaired) electrons. The minimum Gasteiger partial charge on any atom is -0.506 e. The van der Waals surface area contributed by atoms with Gasteiger partial charge >= 0.3 is 0 Å². The molecule has 1 N–H and O–H groups in total. The van der Waals surface area contributed by atoms with Gasteiger partial charge in [-0.1, -0.05) is 56.7 Å². The van der Waals surface area contributed by atoms with Gasteiger partial charge in [0.15, 0.2) is 0 Å². The van der Waals surface area contributed by atoms with E-state index in [-0.39, 0.29) is 5.75 Å². The maximum absolute atomic E-state index is 9.86. The van der Waals surface area contributed by atoms with Crippen molar-refractivity contribution in [2.75, 3.05) is 0 Å². The second kappa shape index (κ2) is 8.09. The molecule has 0 spiro atoms. The average molecular weight is 322 g/mol. The number of nitrogens with zero attached hydrogens (tertiary/aromatic N) is 2. The molecular weight excluding hydrogens is 296 g/mol. The van der Waals surface area contributed by atoms with Crippen molar-refractivity contribution in [2.24, 2.45) is 16.1 Å². The summed E-state index contributed by atoms with van der Waals surface area (Å²) in [6.07, 6.45) is 9.37. The molecule has 0 aliphatic heterocycles. The van der Waals surface area contributed by atoms with Gasteiger partial charge in [0.25, 0.3) is 0 Å². The van der Waals surface area contributed by atoms with E-state index in [2.05, 4.69) is 28.4 Å². The monoisotopic (exact) mass is 322 g/mol. The largest absolute Gasteiger partial charge is 0.506 e. The van der Waals surface area contributed by atoms with Crippen molar-refractivity contribution in [3.05, 3.63) is 53.6 Å². The minimum atomic E-state index is 0.166. The Balaban J connectivity index is 1.70. The number of phenolic OH excluding ortho intramolecular Hbond substituents is 1. The van der Waals surface area contributed by atoms with Crippen LogP contribution in [0.5, 0.6) is 5.75 Å². The number of benzene rings is 2. The topological polar surface area (TPSA) is 45.0 Å². The van der Waals surface area contributed by atoms with E-state index >= 15 is 0 Å². The standard InChI is InChI=1S/C21H26N2O/c1-16-11-12-21(24)20(13-16)23-22-19-10-6-9-18(15-19)14-17-7-4-2-3-5-8-17/h6,9-13,15,17,24H,2-5,7-8,14H2,1H3. The zero-order valence-corrected chi connectivity index (χ0v) is 14.4. The van der Waals surface area contributed by atoms with Gasteiger partial charge in [0, 0.05) is 0 Å². The van der Waals surface area contributed by atoms with E-state index in [1.54, 1.807) is 6.07 Å². The number of aryl methyl sites for hydroxylation is 1. The first-order chi connectivity index (χ1) is 11.7. The van der Waals surface area contributed by atoms with Crippen molar-refractivity contribution in [1.29, 1.82) is 0 Å². The van der Waals surface area contributed by atoms with Crippen molar-refractivity contribution in [2.45, 2.75) is 51.9 Å². The Morgan fingerprint density at radius 1 is 0.958 bits per heavy atom. The summed E-state index contributed by atoms with van der Waals surface area (Å²) in [5.74, 6) is 0.972. The van der Waals surface area contributed by atoms with E-state index in [4.69, 9.17) is 0 Å². The molecule has 1 saturated carbocycles. The van der Waals surface area contributed by atoms with Gasteiger partial charge in [0.1, 0.15) is 11.4 Å². The number of phenols is 1. The maximum atomic E-state index is 9.86. The molecule has 0 saturated heterocycles. The SMILES string of the molecule is Cc1ccc(O)c(N=Nc2cccc(CC3CCCCCC3)c2)c1. The quantitative estimate of drug-likeness (QED) is 0.498. The van der Waals surface area contributed by atoms with Gasteiger partial charge in [-0.25, -0.2) is 0 Å². The van der Waals surface area contributed by atoms with E-state index in [0.717, 1.165) is 23.6 Å². The number of hydrogen-bond donors (Lipinski definition) is 1. The number of hydrogen-bond acceptors (Lipinski definition) is 3. The molecule has 1 aliphatic carbocycles. The van der Waals surface area contributed by atoms with Gasteiger partial charge < -0.3 is 5.11 Å². The highest BCUT2D eigenvalue weighted by Gasteiger charge is 2.13. The third kappa shape index (κ3) is 4.67. The van der Waals surface area contributed by atoms with Crippen molar-refractivity contribution in [3.8, 4) is 5.75 Å². The molecule has 3 nitrogen and oxygen atoms in total. The highest BCUT2D eigenvalue weighted by atomic mass is 16.3. The van der Waals surface area contributed by atoms with Gasteiger partial charge in [-0.15, -0.1) is 5.11 Å². The fourth-order valence-electron chi connectivity index (χ4n) is 3.47. The van der Waals surface area contributed by atoms with Crippen LogP contribution in [0.1, 0.15) is 49.7 Å². The molecule has 3 rings (SSSR count). The predicted molar refractivity (Wildman–Crippen MR) is 98.4 cm³/mol. The van der Waals surface area contributed by atoms with E-state index < -0.39 is 0 Å². The maximum Gasteiger partial charge on any atom is 0.143 e. The van der Waals surface area contributed by atoms with Crippen LogP contribution < -0.4 is 0 Å². The summed E-state index contributed by atoms with van der Waals surface area (Å²) >= 11 is 0. The fraction of sp³-hybridized carbons (Fsp3) is 0.429. The first-order valence-corrected chi connectivity index (χ1v) is 9.01. The Hall–Kier alpha value is -2.16. The van der Waals surface area contributed by atoms with Crippen LogP contribution in [0.25, 0.3) is 0 Å². The second-order valence-corrected chi connectivity index (χ2v) is 6.92. The van der Waals surface area contributed by atoms with E-state index in [9.17, 15) is 5.11 Å². The molecule has 2 aromatic carbocycles. The zero-order chi connectivity index (χ0) is 16.8. The molecule has 0 amide bonds. The van der Waals surface area contributed by atoms with Gasteiger partial charge in [0.05, 0.1) is 5.69 Å². The number of rotatable bonds is 4. The summed E-state index contributed by atoms with van der Waals surface area (Å²) in [4.78, 5) is 0. The average Bonchev–Trinajstić information content (AvgIpc) is 2.85. The molecule has 0 bridgehead atoms. The minimum absolute atomic E-state index is 0.166. The molecule has 0 aromatic heterocycles. The summed E-state index contributed by atoms with van der Waals surface area (Å²) in [5, 5.41) is 18.4. The predicted octanol–water partition coefficient (Wildman–Crippen LogP) is 6.63. The summed E-state index contributed by atoms with van der Waals surface area (Å²) in [6.45, 7) is 1.98. The molecule has 24 heavy (non-hydrogen) atoms. The highest BCUT2D eigenvalue weighted by Crippen LogP contribution is 2.30. The molecule has 3 heteroatoms. The Bertz CT molecular complexity index is 701. The van der Waals surface area contributed by atoms with Crippen LogP contribution in [0, 0.1) is 12.8 Å². The molecular formula is C21H26N2O. The fourth-order valence-corrected chi connectivity index (χ4v) is 3.47. The van der Waals surface area contributed by atoms with Crippen LogP contribution in [-0.4, -0.2) is 5.11 Å². The zero-order valence-electron chi connectivity index (χ0n) is 14.4. The lowest BCUT2D eigenvalue weighted by Crippen LogP contribution is -2.02. The van der Waals surface area contributed by atoms with Crippen LogP contribution in [-0.2, 0) is 6.42 Å². The normalized spacial score (nSPS) is 16.4. The van der Waals surface area contributed by atoms with Crippen LogP contribution in [0.2, 0.25) is 0 Å². The van der Waals surface area contributed by atoms with E-state index in [1.165, 1.54) is 44.1 Å². The van der Waals surface area contributed by atoms with Gasteiger partial charge in [-0.2, -0.15) is 5.11 Å². The Kier molecular flexibility index (Phi) is 5.63. The van der Waals surface area contributed by atoms with E-state index in [1.807, 2.05) is 25.1 Å². The van der Waals surface area contributed by atoms with Crippen molar-refractivity contribution in [3.63, 3.8) is 0 Å². The van der Waals surface area contributed by atoms with Crippen LogP contribution in [0.3, 0.4) is 0 Å². The summed E-state index contributed by atoms with van der Waals surface area (Å²) < 4.78 is 0. The number of aromatic hydroxyl groups is 1. The second-order valence-electron chi connectivity index (χ2n) is 6.92. The first-order valence-electron chi connectivity index (χ1n) is 9.01. The third-order valence-electron chi connectivity index (χ3n) is 4.81. The smallest absolute Gasteiger partial charge is 0.143 e. The van der Waals surface area contributed by atoms with Crippen molar-refractivity contribution < 1.29 is 5.11 Å². The lowest BCUT2D eigenvalue weighted by molar-refractivity contribution is 0.458. The Morgan fingerprint density at radius 3 is 2.54 bits per heavy atom. The summed E-state index contributed by atoms with van der Waals surface area (Å²) in [5.41, 5.74) is 3.77. The van der Waals surface area contributed by atoms with E-state index in [0.29, 0.717) is 5.69 Å². The molecule has 0 atom stereocenters. The van der Waals surface area contributed by atoms with Crippen molar-refractivity contribution in [1.82, 2.24) is 0 Å². The highest BCUT2D eigenvalue weighted by molar-refractivity contribution is 5.52. The Labute approximate surface area is 144 Å². The van der Waals surface area contributed by atoms with Gasteiger partial charge in [-0.05, 0) is 54.7 Å². The summed E-state index contributed by atoms with van der Waals surface area (Å²) in [7, 11) is 0. The third-order valence-corrected chi connectivity index (χ3v) is 4.81. The van der Waals surface area contributed by atoms with Gasteiger partial charge in [-0.3, -0.25) is 0 Å². The number of azo groups is 1. The van der Waals surface area contributed by atoms with Gasteiger partial charge in [0.2, 0.25) is 0 Å². The molecule has 1 fully saturated rings. The molecule has 2 aromatic rings. The molecule has 1 aliphatic rings. The lowest BCUT2D eigenvalue weighted by Gasteiger charge is -2.13.